The lowest BCUT2D eigenvalue weighted by Crippen LogP contribution is -2.47. The molecule has 2 aromatic carbocycles. The van der Waals surface area contributed by atoms with Gasteiger partial charge >= 0.3 is 0 Å². The first-order valence-electron chi connectivity index (χ1n) is 9.97. The van der Waals surface area contributed by atoms with Gasteiger partial charge in [-0.1, -0.05) is 18.2 Å². The summed E-state index contributed by atoms with van der Waals surface area (Å²) < 4.78 is 5.53. The summed E-state index contributed by atoms with van der Waals surface area (Å²) >= 11 is 1.32. The van der Waals surface area contributed by atoms with Gasteiger partial charge in [0.2, 0.25) is 10.8 Å². The number of amides is 3. The van der Waals surface area contributed by atoms with Gasteiger partial charge in [0.05, 0.1) is 11.9 Å². The first-order valence-corrected chi connectivity index (χ1v) is 11.0. The molecule has 5 rings (SSSR count). The number of carbonyl (C=O) groups excluding carboxylic acids is 3. The maximum Gasteiger partial charge on any atom is 0.266 e. The van der Waals surface area contributed by atoms with Crippen LogP contribution in [0.3, 0.4) is 0 Å². The third-order valence-electron chi connectivity index (χ3n) is 5.72. The van der Waals surface area contributed by atoms with E-state index in [4.69, 9.17) is 4.74 Å². The number of nitrogens with one attached hydrogen (secondary N) is 2. The van der Waals surface area contributed by atoms with Crippen LogP contribution < -0.4 is 15.5 Å². The summed E-state index contributed by atoms with van der Waals surface area (Å²) in [6, 6.07) is 14.2. The quantitative estimate of drug-likeness (QED) is 0.789. The van der Waals surface area contributed by atoms with Crippen LogP contribution in [0.25, 0.3) is 0 Å². The summed E-state index contributed by atoms with van der Waals surface area (Å²) in [6.45, 7) is 1.23. The van der Waals surface area contributed by atoms with Gasteiger partial charge in [-0.2, -0.15) is 0 Å². The van der Waals surface area contributed by atoms with Crippen molar-refractivity contribution in [2.75, 3.05) is 29.1 Å². The van der Waals surface area contributed by atoms with E-state index in [2.05, 4.69) is 10.6 Å². The molecular formula is C22H21N3O4S. The number of carbonyl (C=O) groups is 3. The van der Waals surface area contributed by atoms with Gasteiger partial charge in [-0.25, -0.2) is 0 Å². The number of fused-ring (bicyclic) bond motifs is 2. The summed E-state index contributed by atoms with van der Waals surface area (Å²) in [6.07, 6.45) is 2.06. The van der Waals surface area contributed by atoms with Crippen LogP contribution in [0, 0.1) is 0 Å². The Bertz CT molecular complexity index is 1020. The third kappa shape index (κ3) is 2.98. The molecule has 3 amide bonds. The molecule has 0 bridgehead atoms. The van der Waals surface area contributed by atoms with Gasteiger partial charge in [0.25, 0.3) is 11.8 Å². The molecule has 0 saturated carbocycles. The highest BCUT2D eigenvalue weighted by Gasteiger charge is 2.58. The van der Waals surface area contributed by atoms with Crippen molar-refractivity contribution in [2.45, 2.75) is 23.8 Å². The fraction of sp³-hybridized carbons (Fsp3) is 0.318. The van der Waals surface area contributed by atoms with Crippen LogP contribution in [-0.4, -0.2) is 42.7 Å². The number of nitrogens with zero attached hydrogens (tertiary/aromatic N) is 1. The topological polar surface area (TPSA) is 87.7 Å². The van der Waals surface area contributed by atoms with E-state index in [-0.39, 0.29) is 29.6 Å². The van der Waals surface area contributed by atoms with Gasteiger partial charge in [0.1, 0.15) is 0 Å². The molecular weight excluding hydrogens is 402 g/mol. The highest BCUT2D eigenvalue weighted by Crippen LogP contribution is 2.53. The fourth-order valence-electron chi connectivity index (χ4n) is 4.25. The number of ether oxygens (including phenoxy) is 1. The molecule has 2 aromatic rings. The highest BCUT2D eigenvalue weighted by molar-refractivity contribution is 8.02. The molecule has 2 fully saturated rings. The molecule has 1 spiro atoms. The molecule has 2 saturated heterocycles. The Hall–Kier alpha value is -2.84. The van der Waals surface area contributed by atoms with Crippen LogP contribution in [0.1, 0.15) is 28.8 Å². The van der Waals surface area contributed by atoms with Crippen molar-refractivity contribution < 1.29 is 19.1 Å². The molecule has 8 heteroatoms. The number of hydrogen-bond donors (Lipinski definition) is 2. The van der Waals surface area contributed by atoms with Crippen molar-refractivity contribution in [1.29, 1.82) is 0 Å². The molecule has 0 aromatic heterocycles. The van der Waals surface area contributed by atoms with Crippen LogP contribution in [0.5, 0.6) is 0 Å². The van der Waals surface area contributed by atoms with Gasteiger partial charge in [0.15, 0.2) is 0 Å². The zero-order valence-corrected chi connectivity index (χ0v) is 17.0. The monoisotopic (exact) mass is 423 g/mol. The van der Waals surface area contributed by atoms with Crippen LogP contribution in [0.15, 0.2) is 48.5 Å². The zero-order chi connectivity index (χ0) is 20.7. The Morgan fingerprint density at radius 2 is 2.00 bits per heavy atom. The summed E-state index contributed by atoms with van der Waals surface area (Å²) in [5.41, 5.74) is 2.60. The van der Waals surface area contributed by atoms with E-state index in [0.717, 1.165) is 30.7 Å². The average molecular weight is 423 g/mol. The van der Waals surface area contributed by atoms with Crippen LogP contribution >= 0.6 is 11.8 Å². The molecule has 0 radical (unpaired) electrons. The molecule has 0 aliphatic carbocycles. The number of thioether (sulfide) groups is 1. The minimum atomic E-state index is -1.11. The second kappa shape index (κ2) is 7.45. The second-order valence-electron chi connectivity index (χ2n) is 7.55. The second-order valence-corrected chi connectivity index (χ2v) is 8.72. The van der Waals surface area contributed by atoms with Crippen molar-refractivity contribution in [2.24, 2.45) is 0 Å². The predicted molar refractivity (Wildman–Crippen MR) is 114 cm³/mol. The molecule has 2 atom stereocenters. The molecule has 3 aliphatic heterocycles. The van der Waals surface area contributed by atoms with Gasteiger partial charge in [-0.3, -0.25) is 19.3 Å². The summed E-state index contributed by atoms with van der Waals surface area (Å²) in [7, 11) is 0. The van der Waals surface area contributed by atoms with Gasteiger partial charge in [-0.05, 0) is 43.2 Å². The van der Waals surface area contributed by atoms with E-state index in [0.29, 0.717) is 17.8 Å². The van der Waals surface area contributed by atoms with Gasteiger partial charge < -0.3 is 15.4 Å². The Labute approximate surface area is 178 Å². The van der Waals surface area contributed by atoms with Gasteiger partial charge in [0, 0.05) is 35.7 Å². The smallest absolute Gasteiger partial charge is 0.266 e. The van der Waals surface area contributed by atoms with E-state index in [9.17, 15) is 14.4 Å². The van der Waals surface area contributed by atoms with Crippen molar-refractivity contribution in [3.05, 3.63) is 59.7 Å². The minimum Gasteiger partial charge on any atom is -0.376 e. The number of anilines is 2. The SMILES string of the molecule is O=C(NCC1CCCO1)c1ccc(N2C(=O)CSC23C(=O)Nc2ccccc23)cc1. The zero-order valence-electron chi connectivity index (χ0n) is 16.2. The lowest BCUT2D eigenvalue weighted by atomic mass is 10.0. The lowest BCUT2D eigenvalue weighted by molar-refractivity contribution is -0.122. The number of hydrogen-bond acceptors (Lipinski definition) is 5. The van der Waals surface area contributed by atoms with Crippen molar-refractivity contribution in [3.8, 4) is 0 Å². The molecule has 2 N–H and O–H groups in total. The number of benzene rings is 2. The largest absolute Gasteiger partial charge is 0.376 e. The van der Waals surface area contributed by atoms with Crippen molar-refractivity contribution in [1.82, 2.24) is 5.32 Å². The average Bonchev–Trinajstić information content (AvgIpc) is 3.47. The Balaban J connectivity index is 1.40. The number of rotatable bonds is 4. The number of para-hydroxylation sites is 1. The maximum absolute atomic E-state index is 13.0. The standard InChI is InChI=1S/C22H21N3O4S/c26-19-13-30-22(17-5-1-2-6-18(17)24-21(22)28)25(19)15-9-7-14(8-10-15)20(27)23-12-16-4-3-11-29-16/h1-2,5-10,16H,3-4,11-13H2,(H,23,27)(H,24,28). The molecule has 154 valence electrons. The fourth-order valence-corrected chi connectivity index (χ4v) is 5.57. The molecule has 7 nitrogen and oxygen atoms in total. The Kier molecular flexibility index (Phi) is 4.75. The van der Waals surface area contributed by atoms with Crippen LogP contribution in [0.2, 0.25) is 0 Å². The first kappa shape index (κ1) is 19.1. The summed E-state index contributed by atoms with van der Waals surface area (Å²) in [4.78, 5) is 38.6. The van der Waals surface area contributed by atoms with E-state index < -0.39 is 4.87 Å². The molecule has 3 heterocycles. The van der Waals surface area contributed by atoms with Crippen LogP contribution in [0.4, 0.5) is 11.4 Å². The van der Waals surface area contributed by atoms with E-state index in [1.54, 1.807) is 29.2 Å². The third-order valence-corrected chi connectivity index (χ3v) is 7.12. The summed E-state index contributed by atoms with van der Waals surface area (Å²) in [5.74, 6) is -0.330. The molecule has 2 unspecified atom stereocenters. The van der Waals surface area contributed by atoms with E-state index in [1.807, 2.05) is 24.3 Å². The lowest BCUT2D eigenvalue weighted by Gasteiger charge is -2.32. The predicted octanol–water partition coefficient (Wildman–Crippen LogP) is 2.48. The maximum atomic E-state index is 13.0. The van der Waals surface area contributed by atoms with Crippen molar-refractivity contribution in [3.63, 3.8) is 0 Å². The first-order chi connectivity index (χ1) is 14.6. The highest BCUT2D eigenvalue weighted by atomic mass is 32.2. The van der Waals surface area contributed by atoms with Crippen molar-refractivity contribution >= 4 is 40.9 Å². The Morgan fingerprint density at radius 3 is 2.77 bits per heavy atom. The molecule has 3 aliphatic rings. The van der Waals surface area contributed by atoms with Crippen LogP contribution in [-0.2, 0) is 19.2 Å². The Morgan fingerprint density at radius 1 is 1.20 bits per heavy atom. The van der Waals surface area contributed by atoms with E-state index in [1.165, 1.54) is 11.8 Å². The molecule has 30 heavy (non-hydrogen) atoms. The van der Waals surface area contributed by atoms with E-state index >= 15 is 0 Å². The summed E-state index contributed by atoms with van der Waals surface area (Å²) in [5, 5.41) is 5.79. The normalized spacial score (nSPS) is 24.9. The minimum absolute atomic E-state index is 0.0771. The van der Waals surface area contributed by atoms with Gasteiger partial charge in [-0.15, -0.1) is 11.8 Å².